The van der Waals surface area contributed by atoms with E-state index in [0.29, 0.717) is 0 Å². The SMILES string of the molecule is CNC(=O)c1cc(S(=O)(=O)NCCC(O)COC)cn1C. The minimum absolute atomic E-state index is 0.00447. The van der Waals surface area contributed by atoms with Gasteiger partial charge in [-0.05, 0) is 12.5 Å². The Morgan fingerprint density at radius 2 is 2.19 bits per heavy atom. The van der Waals surface area contributed by atoms with Gasteiger partial charge in [-0.1, -0.05) is 0 Å². The number of ether oxygens (including phenoxy) is 1. The summed E-state index contributed by atoms with van der Waals surface area (Å²) in [7, 11) is 0.799. The molecular formula is C12H21N3O5S. The first-order valence-electron chi connectivity index (χ1n) is 6.37. The van der Waals surface area contributed by atoms with Crippen molar-refractivity contribution < 1.29 is 23.1 Å². The molecule has 0 aliphatic rings. The summed E-state index contributed by atoms with van der Waals surface area (Å²) in [5.41, 5.74) is 0.247. The van der Waals surface area contributed by atoms with E-state index in [1.165, 1.54) is 31.0 Å². The lowest BCUT2D eigenvalue weighted by Crippen LogP contribution is -2.28. The van der Waals surface area contributed by atoms with Crippen LogP contribution < -0.4 is 10.0 Å². The summed E-state index contributed by atoms with van der Waals surface area (Å²) >= 11 is 0. The third kappa shape index (κ3) is 4.81. The number of aryl methyl sites for hydroxylation is 1. The summed E-state index contributed by atoms with van der Waals surface area (Å²) < 4.78 is 32.7. The molecule has 0 aliphatic heterocycles. The van der Waals surface area contributed by atoms with Gasteiger partial charge in [0.15, 0.2) is 0 Å². The van der Waals surface area contributed by atoms with E-state index in [1.807, 2.05) is 0 Å². The summed E-state index contributed by atoms with van der Waals surface area (Å²) in [6, 6.07) is 1.30. The van der Waals surface area contributed by atoms with Crippen molar-refractivity contribution in [2.45, 2.75) is 17.4 Å². The predicted octanol–water partition coefficient (Wildman–Crippen LogP) is -0.940. The summed E-state index contributed by atoms with van der Waals surface area (Å²) in [5, 5.41) is 11.9. The third-order valence-corrected chi connectivity index (χ3v) is 4.31. The van der Waals surface area contributed by atoms with Gasteiger partial charge in [-0.3, -0.25) is 4.79 Å². The van der Waals surface area contributed by atoms with E-state index in [4.69, 9.17) is 4.74 Å². The largest absolute Gasteiger partial charge is 0.391 e. The second-order valence-corrected chi connectivity index (χ2v) is 6.31. The quantitative estimate of drug-likeness (QED) is 0.573. The van der Waals surface area contributed by atoms with E-state index in [-0.39, 0.29) is 36.1 Å². The van der Waals surface area contributed by atoms with E-state index in [9.17, 15) is 18.3 Å². The molecule has 21 heavy (non-hydrogen) atoms. The van der Waals surface area contributed by atoms with Crippen molar-refractivity contribution in [3.05, 3.63) is 18.0 Å². The van der Waals surface area contributed by atoms with Crippen LogP contribution in [0.25, 0.3) is 0 Å². The van der Waals surface area contributed by atoms with Gasteiger partial charge in [-0.2, -0.15) is 0 Å². The van der Waals surface area contributed by atoms with Crippen LogP contribution in [-0.2, 0) is 21.8 Å². The van der Waals surface area contributed by atoms with Gasteiger partial charge in [0.05, 0.1) is 12.7 Å². The number of carbonyl (C=O) groups excluding carboxylic acids is 1. The Kier molecular flexibility index (Phi) is 6.34. The number of rotatable bonds is 8. The number of carbonyl (C=O) groups is 1. The highest BCUT2D eigenvalue weighted by molar-refractivity contribution is 7.89. The molecule has 1 unspecified atom stereocenters. The lowest BCUT2D eigenvalue weighted by molar-refractivity contribution is 0.0603. The molecule has 0 aromatic carbocycles. The summed E-state index contributed by atoms with van der Waals surface area (Å²) in [6.45, 7) is 0.227. The zero-order valence-corrected chi connectivity index (χ0v) is 13.1. The Balaban J connectivity index is 2.73. The van der Waals surface area contributed by atoms with Crippen molar-refractivity contribution in [2.24, 2.45) is 7.05 Å². The number of methoxy groups -OCH3 is 1. The average Bonchev–Trinajstić information content (AvgIpc) is 2.81. The van der Waals surface area contributed by atoms with Crippen molar-refractivity contribution >= 4 is 15.9 Å². The number of hydrogen-bond acceptors (Lipinski definition) is 5. The van der Waals surface area contributed by atoms with Gasteiger partial charge in [0, 0.05) is 33.9 Å². The van der Waals surface area contributed by atoms with Crippen LogP contribution in [0.15, 0.2) is 17.2 Å². The van der Waals surface area contributed by atoms with Gasteiger partial charge in [-0.25, -0.2) is 13.1 Å². The first kappa shape index (κ1) is 17.6. The van der Waals surface area contributed by atoms with Crippen LogP contribution in [0.1, 0.15) is 16.9 Å². The van der Waals surface area contributed by atoms with Crippen LogP contribution in [-0.4, -0.2) is 57.4 Å². The number of aromatic nitrogens is 1. The fourth-order valence-electron chi connectivity index (χ4n) is 1.75. The van der Waals surface area contributed by atoms with Crippen molar-refractivity contribution in [2.75, 3.05) is 27.3 Å². The number of aliphatic hydroxyl groups excluding tert-OH is 1. The first-order valence-corrected chi connectivity index (χ1v) is 7.85. The number of amides is 1. The Morgan fingerprint density at radius 1 is 1.52 bits per heavy atom. The Morgan fingerprint density at radius 3 is 2.76 bits per heavy atom. The van der Waals surface area contributed by atoms with E-state index >= 15 is 0 Å². The standard InChI is InChI=1S/C12H21N3O5S/c1-13-12(17)11-6-10(7-15(11)2)21(18,19)14-5-4-9(16)8-20-3/h6-7,9,14,16H,4-5,8H2,1-3H3,(H,13,17). The molecule has 0 saturated heterocycles. The van der Waals surface area contributed by atoms with E-state index < -0.39 is 16.1 Å². The molecule has 1 atom stereocenters. The highest BCUT2D eigenvalue weighted by atomic mass is 32.2. The molecular weight excluding hydrogens is 298 g/mol. The minimum atomic E-state index is -3.72. The molecule has 3 N–H and O–H groups in total. The van der Waals surface area contributed by atoms with Crippen molar-refractivity contribution in [1.29, 1.82) is 0 Å². The van der Waals surface area contributed by atoms with Gasteiger partial charge in [0.25, 0.3) is 5.91 Å². The molecule has 120 valence electrons. The molecule has 1 amide bonds. The number of nitrogens with zero attached hydrogens (tertiary/aromatic N) is 1. The molecule has 0 spiro atoms. The summed E-state index contributed by atoms with van der Waals surface area (Å²) in [6.07, 6.45) is 0.871. The van der Waals surface area contributed by atoms with Crippen LogP contribution in [0, 0.1) is 0 Å². The molecule has 1 aromatic heterocycles. The van der Waals surface area contributed by atoms with E-state index in [0.717, 1.165) is 0 Å². The highest BCUT2D eigenvalue weighted by Gasteiger charge is 2.20. The highest BCUT2D eigenvalue weighted by Crippen LogP contribution is 2.13. The van der Waals surface area contributed by atoms with Crippen LogP contribution in [0.2, 0.25) is 0 Å². The monoisotopic (exact) mass is 319 g/mol. The first-order chi connectivity index (χ1) is 9.81. The maximum Gasteiger partial charge on any atom is 0.267 e. The molecule has 0 bridgehead atoms. The van der Waals surface area contributed by atoms with Crippen LogP contribution in [0.5, 0.6) is 0 Å². The molecule has 8 nitrogen and oxygen atoms in total. The summed E-state index contributed by atoms with van der Waals surface area (Å²) in [5.74, 6) is -0.366. The minimum Gasteiger partial charge on any atom is -0.391 e. The average molecular weight is 319 g/mol. The van der Waals surface area contributed by atoms with Crippen molar-refractivity contribution in [3.63, 3.8) is 0 Å². The fourth-order valence-corrected chi connectivity index (χ4v) is 2.87. The molecule has 0 aliphatic carbocycles. The molecule has 0 radical (unpaired) electrons. The number of aliphatic hydroxyl groups is 1. The Labute approximate surface area is 124 Å². The topological polar surface area (TPSA) is 110 Å². The van der Waals surface area contributed by atoms with Gasteiger partial charge >= 0.3 is 0 Å². The van der Waals surface area contributed by atoms with E-state index in [2.05, 4.69) is 10.0 Å². The Hall–Kier alpha value is -1.42. The molecule has 9 heteroatoms. The van der Waals surface area contributed by atoms with Crippen LogP contribution in [0.4, 0.5) is 0 Å². The molecule has 0 fully saturated rings. The van der Waals surface area contributed by atoms with Gasteiger partial charge in [-0.15, -0.1) is 0 Å². The van der Waals surface area contributed by atoms with Gasteiger partial charge in [0.2, 0.25) is 10.0 Å². The smallest absolute Gasteiger partial charge is 0.267 e. The molecule has 1 aromatic rings. The number of sulfonamides is 1. The second-order valence-electron chi connectivity index (χ2n) is 4.55. The maximum atomic E-state index is 12.1. The van der Waals surface area contributed by atoms with Crippen LogP contribution in [0.3, 0.4) is 0 Å². The normalized spacial score (nSPS) is 13.1. The van der Waals surface area contributed by atoms with Gasteiger partial charge < -0.3 is 19.7 Å². The number of nitrogens with one attached hydrogen (secondary N) is 2. The summed E-state index contributed by atoms with van der Waals surface area (Å²) in [4.78, 5) is 11.6. The molecule has 1 heterocycles. The zero-order chi connectivity index (χ0) is 16.0. The lowest BCUT2D eigenvalue weighted by atomic mass is 10.3. The molecule has 0 saturated carbocycles. The van der Waals surface area contributed by atoms with Gasteiger partial charge in [0.1, 0.15) is 10.6 Å². The van der Waals surface area contributed by atoms with Crippen LogP contribution >= 0.6 is 0 Å². The second kappa shape index (κ2) is 7.55. The maximum absolute atomic E-state index is 12.1. The molecule has 1 rings (SSSR count). The van der Waals surface area contributed by atoms with Crippen molar-refractivity contribution in [3.8, 4) is 0 Å². The fraction of sp³-hybridized carbons (Fsp3) is 0.583. The Bertz CT molecular complexity index is 582. The van der Waals surface area contributed by atoms with E-state index in [1.54, 1.807) is 7.05 Å². The lowest BCUT2D eigenvalue weighted by Gasteiger charge is -2.09. The predicted molar refractivity (Wildman–Crippen MR) is 76.5 cm³/mol. The zero-order valence-electron chi connectivity index (χ0n) is 12.3. The number of hydrogen-bond donors (Lipinski definition) is 3. The third-order valence-electron chi connectivity index (χ3n) is 2.88. The van der Waals surface area contributed by atoms with Crippen molar-refractivity contribution in [1.82, 2.24) is 14.6 Å².